The maximum absolute atomic E-state index is 10.9. The average molecular weight is 198 g/mol. The molecule has 1 aromatic heterocycles. The predicted molar refractivity (Wildman–Crippen MR) is 51.4 cm³/mol. The zero-order valence-electron chi connectivity index (χ0n) is 8.32. The van der Waals surface area contributed by atoms with E-state index in [-0.39, 0.29) is 11.7 Å². The lowest BCUT2D eigenvalue weighted by Crippen LogP contribution is -2.20. The van der Waals surface area contributed by atoms with E-state index in [1.807, 2.05) is 13.8 Å². The van der Waals surface area contributed by atoms with Gasteiger partial charge in [0.05, 0.1) is 19.0 Å². The predicted octanol–water partition coefficient (Wildman–Crippen LogP) is 0.574. The first-order valence-electron chi connectivity index (χ1n) is 4.51. The van der Waals surface area contributed by atoms with Gasteiger partial charge >= 0.3 is 0 Å². The van der Waals surface area contributed by atoms with Gasteiger partial charge in [0, 0.05) is 6.61 Å². The SMILES string of the molecule is CCOCC(C)Oc1cc(=O)[nH]cn1. The van der Waals surface area contributed by atoms with Crippen LogP contribution in [-0.4, -0.2) is 29.3 Å². The van der Waals surface area contributed by atoms with Gasteiger partial charge in [0.1, 0.15) is 6.10 Å². The molecule has 0 saturated carbocycles. The Morgan fingerprint density at radius 2 is 2.43 bits per heavy atom. The topological polar surface area (TPSA) is 64.2 Å². The minimum absolute atomic E-state index is 0.107. The molecule has 0 spiro atoms. The molecule has 0 radical (unpaired) electrons. The number of hydrogen-bond donors (Lipinski definition) is 1. The summed E-state index contributed by atoms with van der Waals surface area (Å²) in [7, 11) is 0. The molecule has 1 heterocycles. The Bertz CT molecular complexity index is 324. The van der Waals surface area contributed by atoms with Crippen molar-refractivity contribution >= 4 is 0 Å². The fourth-order valence-corrected chi connectivity index (χ4v) is 0.939. The maximum atomic E-state index is 10.9. The van der Waals surface area contributed by atoms with E-state index in [0.29, 0.717) is 19.1 Å². The fraction of sp³-hybridized carbons (Fsp3) is 0.556. The van der Waals surface area contributed by atoms with Crippen LogP contribution in [0.25, 0.3) is 0 Å². The van der Waals surface area contributed by atoms with E-state index in [4.69, 9.17) is 9.47 Å². The van der Waals surface area contributed by atoms with Crippen LogP contribution in [0.1, 0.15) is 13.8 Å². The van der Waals surface area contributed by atoms with E-state index in [1.54, 1.807) is 0 Å². The molecule has 1 atom stereocenters. The van der Waals surface area contributed by atoms with Gasteiger partial charge in [-0.1, -0.05) is 0 Å². The summed E-state index contributed by atoms with van der Waals surface area (Å²) in [6.45, 7) is 4.91. The van der Waals surface area contributed by atoms with Crippen molar-refractivity contribution in [1.29, 1.82) is 0 Å². The Labute approximate surface area is 82.1 Å². The van der Waals surface area contributed by atoms with Gasteiger partial charge in [-0.05, 0) is 13.8 Å². The van der Waals surface area contributed by atoms with Crippen molar-refractivity contribution in [3.8, 4) is 5.88 Å². The highest BCUT2D eigenvalue weighted by atomic mass is 16.5. The molecule has 0 saturated heterocycles. The highest BCUT2D eigenvalue weighted by Gasteiger charge is 2.04. The van der Waals surface area contributed by atoms with Gasteiger partial charge in [0.15, 0.2) is 0 Å². The molecular formula is C9H14N2O3. The van der Waals surface area contributed by atoms with Crippen LogP contribution in [0.5, 0.6) is 5.88 Å². The molecule has 1 aromatic rings. The van der Waals surface area contributed by atoms with E-state index in [1.165, 1.54) is 12.4 Å². The molecule has 0 aliphatic carbocycles. The summed E-state index contributed by atoms with van der Waals surface area (Å²) in [6.07, 6.45) is 1.20. The van der Waals surface area contributed by atoms with E-state index in [2.05, 4.69) is 9.97 Å². The molecule has 0 aliphatic heterocycles. The van der Waals surface area contributed by atoms with Crippen LogP contribution in [0.15, 0.2) is 17.2 Å². The number of rotatable bonds is 5. The minimum atomic E-state index is -0.224. The molecule has 0 bridgehead atoms. The van der Waals surface area contributed by atoms with Crippen molar-refractivity contribution in [2.45, 2.75) is 20.0 Å². The van der Waals surface area contributed by atoms with E-state index in [9.17, 15) is 4.79 Å². The molecule has 0 fully saturated rings. The maximum Gasteiger partial charge on any atom is 0.254 e. The summed E-state index contributed by atoms with van der Waals surface area (Å²) in [5.74, 6) is 0.320. The van der Waals surface area contributed by atoms with Gasteiger partial charge in [-0.2, -0.15) is 0 Å². The van der Waals surface area contributed by atoms with Gasteiger partial charge in [0.2, 0.25) is 5.88 Å². The first-order chi connectivity index (χ1) is 6.72. The summed E-state index contributed by atoms with van der Waals surface area (Å²) < 4.78 is 10.5. The monoisotopic (exact) mass is 198 g/mol. The Kier molecular flexibility index (Phi) is 4.12. The van der Waals surface area contributed by atoms with Crippen LogP contribution in [0, 0.1) is 0 Å². The number of H-pyrrole nitrogens is 1. The van der Waals surface area contributed by atoms with Crippen LogP contribution in [0.4, 0.5) is 0 Å². The lowest BCUT2D eigenvalue weighted by Gasteiger charge is -2.12. The molecule has 0 aromatic carbocycles. The molecule has 78 valence electrons. The fourth-order valence-electron chi connectivity index (χ4n) is 0.939. The van der Waals surface area contributed by atoms with Crippen LogP contribution in [0.2, 0.25) is 0 Å². The van der Waals surface area contributed by atoms with Crippen LogP contribution >= 0.6 is 0 Å². The molecule has 14 heavy (non-hydrogen) atoms. The normalized spacial score (nSPS) is 12.4. The third-order valence-electron chi connectivity index (χ3n) is 1.53. The zero-order valence-corrected chi connectivity index (χ0v) is 8.32. The quantitative estimate of drug-likeness (QED) is 0.751. The first kappa shape index (κ1) is 10.7. The molecule has 1 unspecified atom stereocenters. The van der Waals surface area contributed by atoms with Gasteiger partial charge in [0.25, 0.3) is 5.56 Å². The van der Waals surface area contributed by atoms with Gasteiger partial charge in [-0.3, -0.25) is 4.79 Å². The lowest BCUT2D eigenvalue weighted by molar-refractivity contribution is 0.0632. The Hall–Kier alpha value is -1.36. The van der Waals surface area contributed by atoms with Crippen LogP contribution in [-0.2, 0) is 4.74 Å². The van der Waals surface area contributed by atoms with Gasteiger partial charge < -0.3 is 14.5 Å². The second-order valence-electron chi connectivity index (χ2n) is 2.84. The number of aromatic amines is 1. The van der Waals surface area contributed by atoms with E-state index in [0.717, 1.165) is 0 Å². The van der Waals surface area contributed by atoms with Crippen molar-refractivity contribution in [3.63, 3.8) is 0 Å². The summed E-state index contributed by atoms with van der Waals surface area (Å²) in [4.78, 5) is 17.1. The number of ether oxygens (including phenoxy) is 2. The van der Waals surface area contributed by atoms with Crippen molar-refractivity contribution in [3.05, 3.63) is 22.7 Å². The highest BCUT2D eigenvalue weighted by molar-refractivity contribution is 5.05. The number of nitrogens with zero attached hydrogens (tertiary/aromatic N) is 1. The van der Waals surface area contributed by atoms with Crippen molar-refractivity contribution in [2.75, 3.05) is 13.2 Å². The number of nitrogens with one attached hydrogen (secondary N) is 1. The largest absolute Gasteiger partial charge is 0.472 e. The molecule has 1 rings (SSSR count). The van der Waals surface area contributed by atoms with Gasteiger partial charge in [-0.25, -0.2) is 4.98 Å². The average Bonchev–Trinajstić information content (AvgIpc) is 2.15. The molecular weight excluding hydrogens is 184 g/mol. The summed E-state index contributed by atoms with van der Waals surface area (Å²) in [6, 6.07) is 1.31. The molecule has 0 aliphatic rings. The van der Waals surface area contributed by atoms with E-state index < -0.39 is 0 Å². The van der Waals surface area contributed by atoms with Crippen molar-refractivity contribution < 1.29 is 9.47 Å². The Morgan fingerprint density at radius 3 is 3.07 bits per heavy atom. The molecule has 1 N–H and O–H groups in total. The lowest BCUT2D eigenvalue weighted by atomic mass is 10.4. The smallest absolute Gasteiger partial charge is 0.254 e. The van der Waals surface area contributed by atoms with Crippen LogP contribution in [0.3, 0.4) is 0 Å². The first-order valence-corrected chi connectivity index (χ1v) is 4.51. The summed E-state index contributed by atoms with van der Waals surface area (Å²) >= 11 is 0. The summed E-state index contributed by atoms with van der Waals surface area (Å²) in [5.41, 5.74) is -0.224. The third kappa shape index (κ3) is 3.57. The van der Waals surface area contributed by atoms with Crippen molar-refractivity contribution in [2.24, 2.45) is 0 Å². The Morgan fingerprint density at radius 1 is 1.64 bits per heavy atom. The molecule has 5 nitrogen and oxygen atoms in total. The van der Waals surface area contributed by atoms with E-state index >= 15 is 0 Å². The Balaban J connectivity index is 2.47. The zero-order chi connectivity index (χ0) is 10.4. The third-order valence-corrected chi connectivity index (χ3v) is 1.53. The second kappa shape index (κ2) is 5.39. The van der Waals surface area contributed by atoms with Crippen LogP contribution < -0.4 is 10.3 Å². The standard InChI is InChI=1S/C9H14N2O3/c1-3-13-5-7(2)14-9-4-8(12)10-6-11-9/h4,6-7H,3,5H2,1-2H3,(H,10,11,12). The second-order valence-corrected chi connectivity index (χ2v) is 2.84. The summed E-state index contributed by atoms with van der Waals surface area (Å²) in [5, 5.41) is 0. The number of aromatic nitrogens is 2. The highest BCUT2D eigenvalue weighted by Crippen LogP contribution is 2.03. The number of hydrogen-bond acceptors (Lipinski definition) is 4. The minimum Gasteiger partial charge on any atom is -0.472 e. The molecule has 0 amide bonds. The molecule has 5 heteroatoms. The van der Waals surface area contributed by atoms with Gasteiger partial charge in [-0.15, -0.1) is 0 Å². The van der Waals surface area contributed by atoms with Crippen molar-refractivity contribution in [1.82, 2.24) is 9.97 Å².